The predicted molar refractivity (Wildman–Crippen MR) is 185 cm³/mol. The van der Waals surface area contributed by atoms with Crippen LogP contribution in [0.5, 0.6) is 0 Å². The zero-order valence-corrected chi connectivity index (χ0v) is 28.3. The molecular formula is C37H50F3N7O. The molecule has 1 saturated carbocycles. The summed E-state index contributed by atoms with van der Waals surface area (Å²) in [6.07, 6.45) is 6.40. The van der Waals surface area contributed by atoms with Crippen LogP contribution in [0.1, 0.15) is 99.2 Å². The van der Waals surface area contributed by atoms with Crippen LogP contribution in [0.3, 0.4) is 0 Å². The minimum absolute atomic E-state index is 0.0631. The summed E-state index contributed by atoms with van der Waals surface area (Å²) < 4.78 is 40.3. The van der Waals surface area contributed by atoms with Crippen molar-refractivity contribution in [2.75, 3.05) is 50.3 Å². The Balaban J connectivity index is 1.01. The molecule has 0 radical (unpaired) electrons. The van der Waals surface area contributed by atoms with E-state index in [0.29, 0.717) is 35.1 Å². The number of nitrogens with two attached hydrogens (primary N) is 1. The zero-order valence-electron chi connectivity index (χ0n) is 28.3. The number of fused-ring (bicyclic) bond motifs is 1. The minimum atomic E-state index is -4.48. The van der Waals surface area contributed by atoms with E-state index in [0.717, 1.165) is 80.9 Å². The predicted octanol–water partition coefficient (Wildman–Crippen LogP) is 6.96. The lowest BCUT2D eigenvalue weighted by Gasteiger charge is -2.43. The van der Waals surface area contributed by atoms with Crippen molar-refractivity contribution in [2.45, 2.75) is 89.8 Å². The van der Waals surface area contributed by atoms with Gasteiger partial charge in [0.15, 0.2) is 0 Å². The first-order valence-electron chi connectivity index (χ1n) is 17.7. The number of hydrogen-bond donors (Lipinski definition) is 4. The van der Waals surface area contributed by atoms with Crippen molar-refractivity contribution >= 4 is 28.3 Å². The fraction of sp³-hybridized carbons (Fsp3) is 0.595. The number of carbonyl (C=O) groups is 1. The van der Waals surface area contributed by atoms with Crippen LogP contribution in [-0.4, -0.2) is 60.0 Å². The zero-order chi connectivity index (χ0) is 33.9. The number of nitrogens with one attached hydrogen (secondary N) is 3. The number of carbonyl (C=O) groups excluding carboxylic acids is 1. The Morgan fingerprint density at radius 1 is 1.04 bits per heavy atom. The van der Waals surface area contributed by atoms with Gasteiger partial charge < -0.3 is 21.7 Å². The molecule has 8 nitrogen and oxygen atoms in total. The molecule has 0 unspecified atom stereocenters. The van der Waals surface area contributed by atoms with E-state index in [4.69, 9.17) is 5.73 Å². The molecule has 1 aromatic heterocycles. The van der Waals surface area contributed by atoms with Crippen LogP contribution >= 0.6 is 0 Å². The molecule has 3 aliphatic rings. The first kappa shape index (κ1) is 34.4. The summed E-state index contributed by atoms with van der Waals surface area (Å²) in [6, 6.07) is 9.38. The van der Waals surface area contributed by atoms with Gasteiger partial charge in [0.25, 0.3) is 0 Å². The third-order valence-corrected chi connectivity index (χ3v) is 11.1. The summed E-state index contributed by atoms with van der Waals surface area (Å²) in [4.78, 5) is 24.3. The molecule has 48 heavy (non-hydrogen) atoms. The van der Waals surface area contributed by atoms with E-state index in [1.165, 1.54) is 44.1 Å². The number of halogens is 3. The summed E-state index contributed by atoms with van der Waals surface area (Å²) in [6.45, 7) is 8.83. The van der Waals surface area contributed by atoms with Crippen molar-refractivity contribution in [3.63, 3.8) is 0 Å². The molecule has 6 rings (SSSR count). The highest BCUT2D eigenvalue weighted by Crippen LogP contribution is 2.45. The van der Waals surface area contributed by atoms with E-state index < -0.39 is 17.8 Å². The molecule has 2 aromatic carbocycles. The van der Waals surface area contributed by atoms with Gasteiger partial charge in [0.05, 0.1) is 23.7 Å². The van der Waals surface area contributed by atoms with E-state index in [1.807, 2.05) is 6.07 Å². The fourth-order valence-electron chi connectivity index (χ4n) is 8.14. The molecule has 1 atom stereocenters. The van der Waals surface area contributed by atoms with Crippen LogP contribution in [0.25, 0.3) is 10.9 Å². The number of aryl methyl sites for hydroxylation is 1. The van der Waals surface area contributed by atoms with Gasteiger partial charge in [-0.25, -0.2) is 9.97 Å². The number of piperidine rings is 2. The molecule has 2 aliphatic heterocycles. The van der Waals surface area contributed by atoms with Gasteiger partial charge in [0.2, 0.25) is 5.91 Å². The Morgan fingerprint density at radius 3 is 2.48 bits per heavy atom. The second-order valence-electron chi connectivity index (χ2n) is 14.5. The molecule has 11 heteroatoms. The van der Waals surface area contributed by atoms with Crippen molar-refractivity contribution in [3.05, 3.63) is 58.9 Å². The Hall–Kier alpha value is -3.44. The lowest BCUT2D eigenvalue weighted by molar-refractivity contribution is -0.137. The van der Waals surface area contributed by atoms with Crippen LogP contribution in [-0.2, 0) is 11.0 Å². The minimum Gasteiger partial charge on any atom is -0.399 e. The van der Waals surface area contributed by atoms with Gasteiger partial charge in [-0.2, -0.15) is 13.2 Å². The van der Waals surface area contributed by atoms with Gasteiger partial charge in [-0.15, -0.1) is 0 Å². The average molecular weight is 666 g/mol. The number of alkyl halides is 3. The van der Waals surface area contributed by atoms with Gasteiger partial charge in [-0.3, -0.25) is 9.69 Å². The maximum absolute atomic E-state index is 13.4. The summed E-state index contributed by atoms with van der Waals surface area (Å²) in [5.74, 6) is 2.33. The highest BCUT2D eigenvalue weighted by atomic mass is 19.4. The van der Waals surface area contributed by atoms with Crippen molar-refractivity contribution < 1.29 is 18.0 Å². The van der Waals surface area contributed by atoms with Crippen molar-refractivity contribution in [1.29, 1.82) is 0 Å². The van der Waals surface area contributed by atoms with Gasteiger partial charge in [-0.05, 0) is 157 Å². The highest BCUT2D eigenvalue weighted by Gasteiger charge is 2.36. The maximum atomic E-state index is 13.4. The molecule has 3 fully saturated rings. The third kappa shape index (κ3) is 8.40. The van der Waals surface area contributed by atoms with Crippen LogP contribution in [0.2, 0.25) is 0 Å². The van der Waals surface area contributed by atoms with Crippen molar-refractivity contribution in [3.8, 4) is 0 Å². The molecule has 2 saturated heterocycles. The number of rotatable bonds is 9. The number of benzene rings is 2. The van der Waals surface area contributed by atoms with Crippen LogP contribution in [0.15, 0.2) is 36.4 Å². The van der Waals surface area contributed by atoms with Crippen LogP contribution in [0.4, 0.5) is 24.7 Å². The number of nitrogens with zero attached hydrogens (tertiary/aromatic N) is 3. The molecule has 260 valence electrons. The largest absolute Gasteiger partial charge is 0.416 e. The monoisotopic (exact) mass is 665 g/mol. The van der Waals surface area contributed by atoms with Crippen LogP contribution in [0, 0.1) is 18.3 Å². The number of nitrogen functional groups attached to an aromatic ring is 1. The number of aromatic nitrogens is 2. The quantitative estimate of drug-likeness (QED) is 0.183. The Morgan fingerprint density at radius 2 is 1.77 bits per heavy atom. The standard InChI is InChI=1S/C37H50F3N7O/c1-24(29-19-30(37(38,39)40)22-31(41)20-29)44-35-32-21-28(3-4-33(32)45-25(2)46-35)27-8-17-47(18-9-27)23-34(48)43-14-7-26-5-10-36(11-6-26)12-15-42-16-13-36/h3-4,19-22,24,26-27,42H,5-18,23,41H2,1-2H3,(H,43,48)(H,44,45,46)/t24-/m1/s1. The van der Waals surface area contributed by atoms with Gasteiger partial charge in [0.1, 0.15) is 11.6 Å². The molecule has 3 heterocycles. The lowest BCUT2D eigenvalue weighted by Crippen LogP contribution is -2.42. The molecule has 5 N–H and O–H groups in total. The Labute approximate surface area is 281 Å². The number of amides is 1. The number of anilines is 2. The number of hydrogen-bond acceptors (Lipinski definition) is 7. The smallest absolute Gasteiger partial charge is 0.399 e. The second-order valence-corrected chi connectivity index (χ2v) is 14.5. The molecular weight excluding hydrogens is 615 g/mol. The average Bonchev–Trinajstić information content (AvgIpc) is 3.05. The summed E-state index contributed by atoms with van der Waals surface area (Å²) >= 11 is 0. The molecule has 1 aliphatic carbocycles. The lowest BCUT2D eigenvalue weighted by atomic mass is 9.65. The molecule has 0 bridgehead atoms. The van der Waals surface area contributed by atoms with E-state index in [9.17, 15) is 18.0 Å². The van der Waals surface area contributed by atoms with Crippen LogP contribution < -0.4 is 21.7 Å². The van der Waals surface area contributed by atoms with E-state index in [-0.39, 0.29) is 11.6 Å². The molecule has 1 amide bonds. The van der Waals surface area contributed by atoms with Gasteiger partial charge in [-0.1, -0.05) is 6.07 Å². The van der Waals surface area contributed by atoms with Crippen molar-refractivity contribution in [2.24, 2.45) is 11.3 Å². The first-order chi connectivity index (χ1) is 23.0. The van der Waals surface area contributed by atoms with Gasteiger partial charge in [0, 0.05) is 17.6 Å². The normalized spacial score (nSPS) is 20.2. The molecule has 1 spiro atoms. The second kappa shape index (κ2) is 14.6. The summed E-state index contributed by atoms with van der Waals surface area (Å²) in [5.41, 5.74) is 8.09. The third-order valence-electron chi connectivity index (χ3n) is 11.1. The summed E-state index contributed by atoms with van der Waals surface area (Å²) in [7, 11) is 0. The van der Waals surface area contributed by atoms with E-state index in [1.54, 1.807) is 19.9 Å². The first-order valence-corrected chi connectivity index (χ1v) is 17.7. The van der Waals surface area contributed by atoms with E-state index >= 15 is 0 Å². The van der Waals surface area contributed by atoms with Crippen molar-refractivity contribution in [1.82, 2.24) is 25.5 Å². The molecule has 3 aromatic rings. The van der Waals surface area contributed by atoms with E-state index in [2.05, 4.69) is 43.0 Å². The highest BCUT2D eigenvalue weighted by molar-refractivity contribution is 5.90. The Kier molecular flexibility index (Phi) is 10.5. The SMILES string of the molecule is Cc1nc(N[C@H](C)c2cc(N)cc(C(F)(F)F)c2)c2cc(C3CCN(CC(=O)NCCC4CCC5(CCNCC5)CC4)CC3)ccc2n1. The number of likely N-dealkylation sites (tertiary alicyclic amines) is 1. The summed E-state index contributed by atoms with van der Waals surface area (Å²) in [5, 5.41) is 10.8. The Bertz CT molecular complexity index is 1570. The maximum Gasteiger partial charge on any atom is 0.416 e. The topological polar surface area (TPSA) is 108 Å². The fourth-order valence-corrected chi connectivity index (χ4v) is 8.14. The van der Waals surface area contributed by atoms with Gasteiger partial charge >= 0.3 is 6.18 Å².